The molecule has 16 heavy (non-hydrogen) atoms. The standard InChI is InChI=1S/C8H10N2O5S/c1-8(2-3-16(13,14)4-8)7-9-5(6(11)12)15-10-7/h2-4H2,1H3,(H,11,12). The minimum atomic E-state index is -3.08. The summed E-state index contributed by atoms with van der Waals surface area (Å²) in [5.41, 5.74) is -0.740. The summed E-state index contributed by atoms with van der Waals surface area (Å²) in [5, 5.41) is 12.1. The van der Waals surface area contributed by atoms with Crippen LogP contribution in [0.25, 0.3) is 0 Å². The molecule has 2 rings (SSSR count). The van der Waals surface area contributed by atoms with Crippen molar-refractivity contribution < 1.29 is 22.8 Å². The predicted octanol–water partition coefficient (Wildman–Crippen LogP) is -0.156. The fraction of sp³-hybridized carbons (Fsp3) is 0.625. The number of hydrogen-bond acceptors (Lipinski definition) is 6. The normalized spacial score (nSPS) is 28.1. The quantitative estimate of drug-likeness (QED) is 0.772. The zero-order valence-corrected chi connectivity index (χ0v) is 9.32. The van der Waals surface area contributed by atoms with E-state index in [0.29, 0.717) is 6.42 Å². The number of carboxylic acid groups (broad SMARTS) is 1. The van der Waals surface area contributed by atoms with Gasteiger partial charge in [-0.05, 0) is 6.42 Å². The van der Waals surface area contributed by atoms with Crippen molar-refractivity contribution in [3.05, 3.63) is 11.7 Å². The van der Waals surface area contributed by atoms with Crippen LogP contribution in [0.4, 0.5) is 0 Å². The van der Waals surface area contributed by atoms with Crippen LogP contribution >= 0.6 is 0 Å². The predicted molar refractivity (Wildman–Crippen MR) is 51.9 cm³/mol. The summed E-state index contributed by atoms with van der Waals surface area (Å²) in [5.74, 6) is -1.69. The van der Waals surface area contributed by atoms with Gasteiger partial charge in [0.15, 0.2) is 15.7 Å². The first-order valence-corrected chi connectivity index (χ1v) is 6.42. The minimum absolute atomic E-state index is 0.0699. The monoisotopic (exact) mass is 246 g/mol. The molecule has 0 bridgehead atoms. The number of hydrogen-bond donors (Lipinski definition) is 1. The van der Waals surface area contributed by atoms with E-state index in [-0.39, 0.29) is 17.3 Å². The number of nitrogens with zero attached hydrogens (tertiary/aromatic N) is 2. The lowest BCUT2D eigenvalue weighted by molar-refractivity contribution is 0.0643. The SMILES string of the molecule is CC1(c2noc(C(=O)O)n2)CCS(=O)(=O)C1. The molecule has 1 aliphatic rings. The number of rotatable bonds is 2. The zero-order chi connectivity index (χ0) is 12.0. The number of aromatic carboxylic acids is 1. The van der Waals surface area contributed by atoms with Gasteiger partial charge in [0.05, 0.1) is 11.5 Å². The molecule has 8 heteroatoms. The second-order valence-electron chi connectivity index (χ2n) is 4.13. The zero-order valence-electron chi connectivity index (χ0n) is 8.50. The van der Waals surface area contributed by atoms with E-state index >= 15 is 0 Å². The van der Waals surface area contributed by atoms with Gasteiger partial charge >= 0.3 is 11.9 Å². The van der Waals surface area contributed by atoms with Crippen LogP contribution in [-0.2, 0) is 15.3 Å². The van der Waals surface area contributed by atoms with Crippen molar-refractivity contribution in [2.75, 3.05) is 11.5 Å². The van der Waals surface area contributed by atoms with Crippen molar-refractivity contribution in [2.45, 2.75) is 18.8 Å². The van der Waals surface area contributed by atoms with Crippen molar-refractivity contribution in [1.29, 1.82) is 0 Å². The van der Waals surface area contributed by atoms with Gasteiger partial charge in [-0.3, -0.25) is 0 Å². The Morgan fingerprint density at radius 3 is 2.69 bits per heavy atom. The van der Waals surface area contributed by atoms with Gasteiger partial charge in [0.25, 0.3) is 0 Å². The second-order valence-corrected chi connectivity index (χ2v) is 6.32. The van der Waals surface area contributed by atoms with Gasteiger partial charge in [0, 0.05) is 5.41 Å². The highest BCUT2D eigenvalue weighted by molar-refractivity contribution is 7.91. The lowest BCUT2D eigenvalue weighted by Gasteiger charge is -2.15. The van der Waals surface area contributed by atoms with Crippen molar-refractivity contribution in [2.24, 2.45) is 0 Å². The molecule has 0 aromatic carbocycles. The molecule has 1 atom stereocenters. The molecular weight excluding hydrogens is 236 g/mol. The number of sulfone groups is 1. The average Bonchev–Trinajstić information content (AvgIpc) is 2.71. The molecule has 0 amide bonds. The van der Waals surface area contributed by atoms with E-state index in [1.807, 2.05) is 0 Å². The summed E-state index contributed by atoms with van der Waals surface area (Å²) in [4.78, 5) is 14.2. The van der Waals surface area contributed by atoms with Gasteiger partial charge in [-0.1, -0.05) is 12.1 Å². The molecule has 1 fully saturated rings. The number of aromatic nitrogens is 2. The summed E-state index contributed by atoms with van der Waals surface area (Å²) in [6, 6.07) is 0. The fourth-order valence-corrected chi connectivity index (χ4v) is 3.89. The van der Waals surface area contributed by atoms with Gasteiger partial charge in [-0.2, -0.15) is 4.98 Å². The molecule has 88 valence electrons. The van der Waals surface area contributed by atoms with Crippen LogP contribution in [-0.4, -0.2) is 41.1 Å². The number of carbonyl (C=O) groups is 1. The maximum Gasteiger partial charge on any atom is 0.394 e. The highest BCUT2D eigenvalue weighted by Gasteiger charge is 2.43. The molecule has 1 N–H and O–H groups in total. The first-order valence-electron chi connectivity index (χ1n) is 4.60. The van der Waals surface area contributed by atoms with Crippen LogP contribution in [0.2, 0.25) is 0 Å². The van der Waals surface area contributed by atoms with E-state index in [0.717, 1.165) is 0 Å². The first-order chi connectivity index (χ1) is 7.32. The van der Waals surface area contributed by atoms with Crippen LogP contribution in [0.1, 0.15) is 29.9 Å². The molecule has 0 spiro atoms. The maximum absolute atomic E-state index is 11.4. The van der Waals surface area contributed by atoms with E-state index in [9.17, 15) is 13.2 Å². The fourth-order valence-electron chi connectivity index (χ4n) is 1.74. The number of carboxylic acids is 1. The molecule has 7 nitrogen and oxygen atoms in total. The molecule has 1 aromatic heterocycles. The lowest BCUT2D eigenvalue weighted by Crippen LogP contribution is -2.25. The summed E-state index contributed by atoms with van der Waals surface area (Å²) < 4.78 is 27.2. The van der Waals surface area contributed by atoms with Crippen LogP contribution in [0.15, 0.2) is 4.52 Å². The Morgan fingerprint density at radius 1 is 1.56 bits per heavy atom. The largest absolute Gasteiger partial charge is 0.474 e. The molecule has 1 aliphatic heterocycles. The third-order valence-electron chi connectivity index (χ3n) is 2.65. The Hall–Kier alpha value is -1.44. The molecule has 0 aliphatic carbocycles. The summed E-state index contributed by atoms with van der Waals surface area (Å²) >= 11 is 0. The summed E-state index contributed by atoms with van der Waals surface area (Å²) in [6.45, 7) is 1.69. The van der Waals surface area contributed by atoms with Crippen LogP contribution < -0.4 is 0 Å². The van der Waals surface area contributed by atoms with Crippen LogP contribution in [0.3, 0.4) is 0 Å². The minimum Gasteiger partial charge on any atom is -0.474 e. The maximum atomic E-state index is 11.4. The summed E-state index contributed by atoms with van der Waals surface area (Å²) in [7, 11) is -3.08. The topological polar surface area (TPSA) is 110 Å². The van der Waals surface area contributed by atoms with Gasteiger partial charge < -0.3 is 9.63 Å². The third kappa shape index (κ3) is 1.80. The smallest absolute Gasteiger partial charge is 0.394 e. The molecule has 1 unspecified atom stereocenters. The van der Waals surface area contributed by atoms with E-state index in [2.05, 4.69) is 14.7 Å². The molecule has 1 aromatic rings. The van der Waals surface area contributed by atoms with Gasteiger partial charge in [0.2, 0.25) is 0 Å². The Morgan fingerprint density at radius 2 is 2.25 bits per heavy atom. The van der Waals surface area contributed by atoms with E-state index < -0.39 is 27.1 Å². The third-order valence-corrected chi connectivity index (χ3v) is 4.56. The molecule has 0 radical (unpaired) electrons. The van der Waals surface area contributed by atoms with Crippen molar-refractivity contribution in [1.82, 2.24) is 10.1 Å². The highest BCUT2D eigenvalue weighted by Crippen LogP contribution is 2.33. The lowest BCUT2D eigenvalue weighted by atomic mass is 9.89. The van der Waals surface area contributed by atoms with Crippen molar-refractivity contribution in [3.63, 3.8) is 0 Å². The van der Waals surface area contributed by atoms with Gasteiger partial charge in [0.1, 0.15) is 0 Å². The average molecular weight is 246 g/mol. The summed E-state index contributed by atoms with van der Waals surface area (Å²) in [6.07, 6.45) is 0.383. The van der Waals surface area contributed by atoms with E-state index in [4.69, 9.17) is 5.11 Å². The highest BCUT2D eigenvalue weighted by atomic mass is 32.2. The molecular formula is C8H10N2O5S. The van der Waals surface area contributed by atoms with Gasteiger partial charge in [-0.15, -0.1) is 0 Å². The van der Waals surface area contributed by atoms with Gasteiger partial charge in [-0.25, -0.2) is 13.2 Å². The molecule has 2 heterocycles. The second kappa shape index (κ2) is 3.27. The Balaban J connectivity index is 2.34. The Kier molecular flexibility index (Phi) is 2.26. The van der Waals surface area contributed by atoms with Crippen molar-refractivity contribution >= 4 is 15.8 Å². The van der Waals surface area contributed by atoms with Crippen molar-refractivity contribution in [3.8, 4) is 0 Å². The van der Waals surface area contributed by atoms with E-state index in [1.54, 1.807) is 6.92 Å². The van der Waals surface area contributed by atoms with Crippen LogP contribution in [0.5, 0.6) is 0 Å². The Bertz CT molecular complexity index is 534. The van der Waals surface area contributed by atoms with Crippen LogP contribution in [0, 0.1) is 0 Å². The Labute approximate surface area is 91.4 Å². The molecule has 1 saturated heterocycles. The first kappa shape index (κ1) is 11.1. The molecule has 0 saturated carbocycles. The van der Waals surface area contributed by atoms with E-state index in [1.165, 1.54) is 0 Å².